The second kappa shape index (κ2) is 17.7. The first-order valence-electron chi connectivity index (χ1n) is 16.8. The van der Waals surface area contributed by atoms with E-state index in [1.54, 1.807) is 0 Å². The first-order valence-corrected chi connectivity index (χ1v) is 16.8. The van der Waals surface area contributed by atoms with E-state index in [0.29, 0.717) is 24.1 Å². The third-order valence-corrected chi connectivity index (χ3v) is 10.6. The standard InChI is InChI=1S/C34H59FO2/c35-28-32(33(36)37)34(29-22-16-10-4-1-5-11-17-23-29,30-24-18-12-6-2-7-13-19-25-30)31-26-20-14-8-3-9-15-21-27-31/h28-31H,1-27H2,(H,36,37). The van der Waals surface area contributed by atoms with Gasteiger partial charge in [0.25, 0.3) is 0 Å². The van der Waals surface area contributed by atoms with Crippen molar-refractivity contribution >= 4 is 5.97 Å². The van der Waals surface area contributed by atoms with Crippen molar-refractivity contribution in [1.82, 2.24) is 0 Å². The van der Waals surface area contributed by atoms with Crippen molar-refractivity contribution in [3.8, 4) is 0 Å². The summed E-state index contributed by atoms with van der Waals surface area (Å²) < 4.78 is 15.1. The molecule has 0 aromatic rings. The van der Waals surface area contributed by atoms with Crippen LogP contribution in [0.4, 0.5) is 4.39 Å². The highest BCUT2D eigenvalue weighted by Crippen LogP contribution is 2.58. The van der Waals surface area contributed by atoms with Crippen molar-refractivity contribution in [3.05, 3.63) is 11.9 Å². The largest absolute Gasteiger partial charge is 0.478 e. The molecule has 37 heavy (non-hydrogen) atoms. The third kappa shape index (κ3) is 9.10. The summed E-state index contributed by atoms with van der Waals surface area (Å²) in [4.78, 5) is 13.0. The van der Waals surface area contributed by atoms with Gasteiger partial charge in [-0.1, -0.05) is 135 Å². The Morgan fingerprint density at radius 1 is 0.486 bits per heavy atom. The molecule has 3 aliphatic rings. The molecule has 0 radical (unpaired) electrons. The number of carboxylic acid groups (broad SMARTS) is 1. The first-order chi connectivity index (χ1) is 18.2. The minimum atomic E-state index is -0.964. The van der Waals surface area contributed by atoms with Crippen LogP contribution in [0.25, 0.3) is 0 Å². The summed E-state index contributed by atoms with van der Waals surface area (Å²) in [6.45, 7) is 0. The zero-order valence-electron chi connectivity index (χ0n) is 24.1. The van der Waals surface area contributed by atoms with Crippen LogP contribution in [0.1, 0.15) is 173 Å². The highest BCUT2D eigenvalue weighted by Gasteiger charge is 2.53. The van der Waals surface area contributed by atoms with Crippen molar-refractivity contribution in [3.63, 3.8) is 0 Å². The number of hydrogen-bond acceptors (Lipinski definition) is 1. The summed E-state index contributed by atoms with van der Waals surface area (Å²) in [6.07, 6.45) is 33.6. The fourth-order valence-corrected chi connectivity index (χ4v) is 8.85. The van der Waals surface area contributed by atoms with Crippen LogP contribution in [0.3, 0.4) is 0 Å². The predicted octanol–water partition coefficient (Wildman–Crippen LogP) is 11.3. The van der Waals surface area contributed by atoms with E-state index in [-0.39, 0.29) is 5.57 Å². The van der Waals surface area contributed by atoms with Crippen molar-refractivity contribution in [1.29, 1.82) is 0 Å². The molecule has 0 aromatic heterocycles. The Bertz CT molecular complexity index is 562. The fraction of sp³-hybridized carbons (Fsp3) is 0.912. The lowest BCUT2D eigenvalue weighted by atomic mass is 9.50. The molecule has 0 bridgehead atoms. The van der Waals surface area contributed by atoms with Gasteiger partial charge < -0.3 is 5.11 Å². The average Bonchev–Trinajstić information content (AvgIpc) is 2.92. The first kappa shape index (κ1) is 30.7. The van der Waals surface area contributed by atoms with Gasteiger partial charge in [0.15, 0.2) is 0 Å². The zero-order valence-corrected chi connectivity index (χ0v) is 24.1. The molecule has 0 amide bonds. The second-order valence-corrected chi connectivity index (χ2v) is 13.0. The van der Waals surface area contributed by atoms with E-state index in [0.717, 1.165) is 38.5 Å². The molecule has 3 fully saturated rings. The summed E-state index contributed by atoms with van der Waals surface area (Å²) in [5.41, 5.74) is -0.322. The number of aliphatic carboxylic acids is 1. The van der Waals surface area contributed by atoms with Crippen LogP contribution in [-0.4, -0.2) is 11.1 Å². The van der Waals surface area contributed by atoms with E-state index >= 15 is 4.39 Å². The Kier molecular flexibility index (Phi) is 14.7. The zero-order chi connectivity index (χ0) is 26.2. The van der Waals surface area contributed by atoms with Gasteiger partial charge in [0.05, 0.1) is 11.9 Å². The van der Waals surface area contributed by atoms with Crippen molar-refractivity contribution in [2.75, 3.05) is 0 Å². The smallest absolute Gasteiger partial charge is 0.334 e. The monoisotopic (exact) mass is 518 g/mol. The molecule has 3 heteroatoms. The normalized spacial score (nSPS) is 25.3. The summed E-state index contributed by atoms with van der Waals surface area (Å²) in [5.74, 6) is -0.0347. The van der Waals surface area contributed by atoms with Gasteiger partial charge in [0, 0.05) is 5.41 Å². The SMILES string of the molecule is O=C(O)C(=CF)C(C1CCCCCCCCC1)(C1CCCCCCCCC1)C1CCCCCCCCC1. The van der Waals surface area contributed by atoms with Crippen molar-refractivity contribution in [2.24, 2.45) is 23.2 Å². The quantitative estimate of drug-likeness (QED) is 0.367. The number of carbonyl (C=O) groups is 1. The van der Waals surface area contributed by atoms with Crippen LogP contribution in [0.5, 0.6) is 0 Å². The molecule has 0 aliphatic heterocycles. The van der Waals surface area contributed by atoms with Crippen LogP contribution in [0.15, 0.2) is 11.9 Å². The molecule has 0 spiro atoms. The summed E-state index contributed by atoms with van der Waals surface area (Å²) in [5, 5.41) is 10.7. The molecule has 214 valence electrons. The summed E-state index contributed by atoms with van der Waals surface area (Å²) in [6, 6.07) is 0. The van der Waals surface area contributed by atoms with E-state index in [1.165, 1.54) is 135 Å². The minimum Gasteiger partial charge on any atom is -0.478 e. The molecule has 0 saturated heterocycles. The Hall–Kier alpha value is -0.860. The molecule has 3 saturated carbocycles. The number of carboxylic acids is 1. The maximum Gasteiger partial charge on any atom is 0.334 e. The topological polar surface area (TPSA) is 37.3 Å². The Morgan fingerprint density at radius 2 is 0.703 bits per heavy atom. The fourth-order valence-electron chi connectivity index (χ4n) is 8.85. The van der Waals surface area contributed by atoms with Gasteiger partial charge in [0.2, 0.25) is 0 Å². The van der Waals surface area contributed by atoms with E-state index in [9.17, 15) is 9.90 Å². The number of rotatable bonds is 5. The van der Waals surface area contributed by atoms with Crippen LogP contribution in [-0.2, 0) is 4.79 Å². The molecule has 3 rings (SSSR count). The van der Waals surface area contributed by atoms with Gasteiger partial charge >= 0.3 is 5.97 Å². The lowest BCUT2D eigenvalue weighted by molar-refractivity contribution is -0.137. The van der Waals surface area contributed by atoms with Gasteiger partial charge in [-0.25, -0.2) is 9.18 Å². The van der Waals surface area contributed by atoms with Crippen LogP contribution in [0.2, 0.25) is 0 Å². The minimum absolute atomic E-state index is 0.179. The molecule has 3 aliphatic carbocycles. The van der Waals surface area contributed by atoms with Gasteiger partial charge in [-0.15, -0.1) is 0 Å². The van der Waals surface area contributed by atoms with Gasteiger partial charge in [0.1, 0.15) is 0 Å². The van der Waals surface area contributed by atoms with Gasteiger partial charge in [-0.3, -0.25) is 0 Å². The maximum absolute atomic E-state index is 15.1. The summed E-state index contributed by atoms with van der Waals surface area (Å²) >= 11 is 0. The van der Waals surface area contributed by atoms with Crippen LogP contribution in [0, 0.1) is 23.2 Å². The van der Waals surface area contributed by atoms with E-state index in [1.807, 2.05) is 0 Å². The molecule has 1 N–H and O–H groups in total. The highest BCUT2D eigenvalue weighted by atomic mass is 19.1. The van der Waals surface area contributed by atoms with E-state index in [2.05, 4.69) is 0 Å². The molecular formula is C34H59FO2. The van der Waals surface area contributed by atoms with Gasteiger partial charge in [-0.05, 0) is 56.3 Å². The van der Waals surface area contributed by atoms with Crippen LogP contribution < -0.4 is 0 Å². The highest BCUT2D eigenvalue weighted by molar-refractivity contribution is 5.88. The Labute approximate surface area is 228 Å². The molecular weight excluding hydrogens is 459 g/mol. The molecule has 0 atom stereocenters. The van der Waals surface area contributed by atoms with E-state index in [4.69, 9.17) is 0 Å². The summed E-state index contributed by atoms with van der Waals surface area (Å²) in [7, 11) is 0. The maximum atomic E-state index is 15.1. The third-order valence-electron chi connectivity index (χ3n) is 10.6. The second-order valence-electron chi connectivity index (χ2n) is 13.0. The molecule has 0 heterocycles. The molecule has 2 nitrogen and oxygen atoms in total. The van der Waals surface area contributed by atoms with Crippen molar-refractivity contribution < 1.29 is 14.3 Å². The lowest BCUT2D eigenvalue weighted by Crippen LogP contribution is -2.48. The van der Waals surface area contributed by atoms with Crippen molar-refractivity contribution in [2.45, 2.75) is 173 Å². The molecule has 0 unspecified atom stereocenters. The van der Waals surface area contributed by atoms with Gasteiger partial charge in [-0.2, -0.15) is 0 Å². The Balaban J connectivity index is 2.10. The predicted molar refractivity (Wildman–Crippen MR) is 154 cm³/mol. The lowest BCUT2D eigenvalue weighted by Gasteiger charge is -2.53. The Morgan fingerprint density at radius 3 is 0.892 bits per heavy atom. The van der Waals surface area contributed by atoms with E-state index < -0.39 is 11.4 Å². The number of halogens is 1. The molecule has 0 aromatic carbocycles. The average molecular weight is 519 g/mol. The van der Waals surface area contributed by atoms with Crippen LogP contribution >= 0.6 is 0 Å². The number of hydrogen-bond donors (Lipinski definition) is 1.